The van der Waals surface area contributed by atoms with Crippen molar-refractivity contribution in [3.05, 3.63) is 12.4 Å². The maximum Gasteiger partial charge on any atom is 0.254 e. The van der Waals surface area contributed by atoms with Crippen molar-refractivity contribution < 1.29 is 14.3 Å². The third-order valence-corrected chi connectivity index (χ3v) is 3.46. The molecular weight excluding hydrogens is 260 g/mol. The first kappa shape index (κ1) is 13.3. The molecule has 0 aliphatic carbocycles. The van der Waals surface area contributed by atoms with Crippen LogP contribution in [0.1, 0.15) is 12.8 Å². The summed E-state index contributed by atoms with van der Waals surface area (Å²) in [4.78, 5) is 22.4. The van der Waals surface area contributed by atoms with E-state index in [1.165, 1.54) is 6.33 Å². The quantitative estimate of drug-likeness (QED) is 0.864. The fourth-order valence-corrected chi connectivity index (χ4v) is 2.37. The van der Waals surface area contributed by atoms with Crippen LogP contribution < -0.4 is 10.2 Å². The molecule has 108 valence electrons. The maximum absolute atomic E-state index is 12.0. The van der Waals surface area contributed by atoms with Crippen molar-refractivity contribution in [2.24, 2.45) is 0 Å². The summed E-state index contributed by atoms with van der Waals surface area (Å²) >= 11 is 0. The molecule has 2 fully saturated rings. The molecule has 0 aromatic carbocycles. The van der Waals surface area contributed by atoms with Gasteiger partial charge in [0.15, 0.2) is 0 Å². The molecule has 20 heavy (non-hydrogen) atoms. The summed E-state index contributed by atoms with van der Waals surface area (Å²) in [7, 11) is 0. The van der Waals surface area contributed by atoms with E-state index in [1.807, 2.05) is 0 Å². The zero-order valence-electron chi connectivity index (χ0n) is 11.2. The highest BCUT2D eigenvalue weighted by Crippen LogP contribution is 2.17. The zero-order valence-corrected chi connectivity index (χ0v) is 11.2. The standard InChI is InChI=1S/C13H18N4O3/c18-13(10-2-1-5-20-10)16-11-8-12(15-9-14-11)17-3-6-19-7-4-17/h8-10H,1-7H2,(H,14,15,16,18). The van der Waals surface area contributed by atoms with E-state index >= 15 is 0 Å². The fourth-order valence-electron chi connectivity index (χ4n) is 2.37. The van der Waals surface area contributed by atoms with Gasteiger partial charge in [-0.2, -0.15) is 0 Å². The van der Waals surface area contributed by atoms with E-state index in [1.54, 1.807) is 6.07 Å². The molecule has 3 rings (SSSR count). The van der Waals surface area contributed by atoms with E-state index in [0.29, 0.717) is 25.6 Å². The lowest BCUT2D eigenvalue weighted by Gasteiger charge is -2.27. The summed E-state index contributed by atoms with van der Waals surface area (Å²) in [6.45, 7) is 3.65. The SMILES string of the molecule is O=C(Nc1cc(N2CCOCC2)ncn1)C1CCCO1. The topological polar surface area (TPSA) is 76.6 Å². The van der Waals surface area contributed by atoms with Crippen molar-refractivity contribution >= 4 is 17.5 Å². The van der Waals surface area contributed by atoms with Gasteiger partial charge in [-0.3, -0.25) is 4.79 Å². The van der Waals surface area contributed by atoms with Crippen molar-refractivity contribution in [2.75, 3.05) is 43.1 Å². The van der Waals surface area contributed by atoms with Gasteiger partial charge >= 0.3 is 0 Å². The molecule has 7 nitrogen and oxygen atoms in total. The number of carbonyl (C=O) groups is 1. The van der Waals surface area contributed by atoms with Crippen LogP contribution in [0.5, 0.6) is 0 Å². The molecule has 7 heteroatoms. The summed E-state index contributed by atoms with van der Waals surface area (Å²) in [6.07, 6.45) is 2.82. The number of morpholine rings is 1. The zero-order chi connectivity index (χ0) is 13.8. The molecule has 1 atom stereocenters. The summed E-state index contributed by atoms with van der Waals surface area (Å²) < 4.78 is 10.7. The van der Waals surface area contributed by atoms with E-state index in [4.69, 9.17) is 9.47 Å². The van der Waals surface area contributed by atoms with Gasteiger partial charge in [0.25, 0.3) is 5.91 Å². The molecule has 2 saturated heterocycles. The summed E-state index contributed by atoms with van der Waals surface area (Å²) in [5.41, 5.74) is 0. The minimum atomic E-state index is -0.350. The van der Waals surface area contributed by atoms with Crippen molar-refractivity contribution in [2.45, 2.75) is 18.9 Å². The van der Waals surface area contributed by atoms with E-state index in [9.17, 15) is 4.79 Å². The molecule has 0 radical (unpaired) electrons. The van der Waals surface area contributed by atoms with Gasteiger partial charge in [-0.1, -0.05) is 0 Å². The number of rotatable bonds is 3. The van der Waals surface area contributed by atoms with Gasteiger partial charge in [0.2, 0.25) is 0 Å². The lowest BCUT2D eigenvalue weighted by Crippen LogP contribution is -2.37. The van der Waals surface area contributed by atoms with Gasteiger partial charge in [-0.25, -0.2) is 9.97 Å². The van der Waals surface area contributed by atoms with Crippen LogP contribution in [0.25, 0.3) is 0 Å². The number of anilines is 2. The molecule has 0 bridgehead atoms. The Bertz CT molecular complexity index is 470. The van der Waals surface area contributed by atoms with Gasteiger partial charge in [-0.05, 0) is 12.8 Å². The van der Waals surface area contributed by atoms with Gasteiger partial charge in [0, 0.05) is 25.8 Å². The van der Waals surface area contributed by atoms with Gasteiger partial charge in [0.1, 0.15) is 24.1 Å². The number of ether oxygens (including phenoxy) is 2. The number of nitrogens with zero attached hydrogens (tertiary/aromatic N) is 3. The van der Waals surface area contributed by atoms with Crippen LogP contribution in [0.2, 0.25) is 0 Å². The van der Waals surface area contributed by atoms with Crippen LogP contribution in [-0.2, 0) is 14.3 Å². The molecule has 2 aliphatic rings. The van der Waals surface area contributed by atoms with Gasteiger partial charge < -0.3 is 19.7 Å². The molecule has 1 aromatic rings. The molecule has 0 saturated carbocycles. The number of amides is 1. The molecule has 1 aromatic heterocycles. The number of hydrogen-bond donors (Lipinski definition) is 1. The normalized spacial score (nSPS) is 22.8. The third kappa shape index (κ3) is 3.05. The van der Waals surface area contributed by atoms with Crippen molar-refractivity contribution in [3.63, 3.8) is 0 Å². The summed E-state index contributed by atoms with van der Waals surface area (Å²) in [5, 5.41) is 2.79. The fraction of sp³-hybridized carbons (Fsp3) is 0.615. The number of aromatic nitrogens is 2. The second-order valence-electron chi connectivity index (χ2n) is 4.85. The largest absolute Gasteiger partial charge is 0.378 e. The van der Waals surface area contributed by atoms with Crippen molar-refractivity contribution in [1.29, 1.82) is 0 Å². The molecular formula is C13H18N4O3. The summed E-state index contributed by atoms with van der Waals surface area (Å²) in [5.74, 6) is 1.20. The van der Waals surface area contributed by atoms with E-state index in [-0.39, 0.29) is 12.0 Å². The minimum Gasteiger partial charge on any atom is -0.378 e. The predicted octanol–water partition coefficient (Wildman–Crippen LogP) is 0.431. The predicted molar refractivity (Wildman–Crippen MR) is 72.7 cm³/mol. The molecule has 1 unspecified atom stereocenters. The number of hydrogen-bond acceptors (Lipinski definition) is 6. The molecule has 0 spiro atoms. The van der Waals surface area contributed by atoms with Crippen LogP contribution in [0, 0.1) is 0 Å². The molecule has 1 amide bonds. The number of nitrogens with one attached hydrogen (secondary N) is 1. The van der Waals surface area contributed by atoms with Crippen LogP contribution in [0.4, 0.5) is 11.6 Å². The Labute approximate surface area is 117 Å². The maximum atomic E-state index is 12.0. The molecule has 1 N–H and O–H groups in total. The van der Waals surface area contributed by atoms with E-state index in [0.717, 1.165) is 31.7 Å². The first-order valence-electron chi connectivity index (χ1n) is 6.90. The lowest BCUT2D eigenvalue weighted by atomic mass is 10.2. The third-order valence-electron chi connectivity index (χ3n) is 3.46. The van der Waals surface area contributed by atoms with Gasteiger partial charge in [0.05, 0.1) is 13.2 Å². The highest BCUT2D eigenvalue weighted by atomic mass is 16.5. The second-order valence-corrected chi connectivity index (χ2v) is 4.85. The first-order valence-corrected chi connectivity index (χ1v) is 6.90. The monoisotopic (exact) mass is 278 g/mol. The van der Waals surface area contributed by atoms with Crippen LogP contribution in [0.3, 0.4) is 0 Å². The number of carbonyl (C=O) groups excluding carboxylic acids is 1. The Kier molecular flexibility index (Phi) is 4.08. The Morgan fingerprint density at radius 3 is 2.90 bits per heavy atom. The van der Waals surface area contributed by atoms with E-state index < -0.39 is 0 Å². The Balaban J connectivity index is 1.65. The van der Waals surface area contributed by atoms with Crippen LogP contribution in [-0.4, -0.2) is 54.9 Å². The van der Waals surface area contributed by atoms with Gasteiger partial charge in [-0.15, -0.1) is 0 Å². The van der Waals surface area contributed by atoms with Crippen LogP contribution >= 0.6 is 0 Å². The Morgan fingerprint density at radius 2 is 2.15 bits per heavy atom. The van der Waals surface area contributed by atoms with E-state index in [2.05, 4.69) is 20.2 Å². The Morgan fingerprint density at radius 1 is 1.30 bits per heavy atom. The average Bonchev–Trinajstić information content (AvgIpc) is 3.03. The minimum absolute atomic E-state index is 0.130. The smallest absolute Gasteiger partial charge is 0.254 e. The lowest BCUT2D eigenvalue weighted by molar-refractivity contribution is -0.124. The summed E-state index contributed by atoms with van der Waals surface area (Å²) in [6, 6.07) is 1.79. The Hall–Kier alpha value is -1.73. The molecule has 2 aliphatic heterocycles. The first-order chi connectivity index (χ1) is 9.83. The van der Waals surface area contributed by atoms with Crippen molar-refractivity contribution in [1.82, 2.24) is 9.97 Å². The van der Waals surface area contributed by atoms with Crippen LogP contribution in [0.15, 0.2) is 12.4 Å². The molecule has 3 heterocycles. The highest BCUT2D eigenvalue weighted by molar-refractivity contribution is 5.93. The highest BCUT2D eigenvalue weighted by Gasteiger charge is 2.24. The average molecular weight is 278 g/mol. The second kappa shape index (κ2) is 6.15. The van der Waals surface area contributed by atoms with Crippen molar-refractivity contribution in [3.8, 4) is 0 Å².